The highest BCUT2D eigenvalue weighted by atomic mass is 35.5. The van der Waals surface area contributed by atoms with Gasteiger partial charge >= 0.3 is 0 Å². The maximum absolute atomic E-state index is 13.2. The number of carbonyl (C=O) groups excluding carboxylic acids is 2. The summed E-state index contributed by atoms with van der Waals surface area (Å²) >= 11 is 7.41. The van der Waals surface area contributed by atoms with E-state index in [9.17, 15) is 9.59 Å². The summed E-state index contributed by atoms with van der Waals surface area (Å²) < 4.78 is 5.49. The molecule has 0 atom stereocenters. The van der Waals surface area contributed by atoms with Crippen LogP contribution < -0.4 is 10.1 Å². The van der Waals surface area contributed by atoms with Crippen molar-refractivity contribution in [2.24, 2.45) is 0 Å². The van der Waals surface area contributed by atoms with Gasteiger partial charge in [0.2, 0.25) is 0 Å². The Morgan fingerprint density at radius 2 is 1.83 bits per heavy atom. The second-order valence-electron chi connectivity index (χ2n) is 8.67. The van der Waals surface area contributed by atoms with Crippen molar-refractivity contribution in [1.29, 1.82) is 0 Å². The number of aromatic nitrogens is 2. The van der Waals surface area contributed by atoms with Crippen molar-refractivity contribution in [3.63, 3.8) is 0 Å². The number of piperidine rings is 1. The van der Waals surface area contributed by atoms with Gasteiger partial charge in [-0.2, -0.15) is 0 Å². The molecule has 9 heteroatoms. The van der Waals surface area contributed by atoms with E-state index in [-0.39, 0.29) is 17.7 Å². The van der Waals surface area contributed by atoms with Crippen LogP contribution in [-0.2, 0) is 6.54 Å². The number of hydrogen-bond donors (Lipinski definition) is 1. The molecular formula is C27H25ClN4O3S. The summed E-state index contributed by atoms with van der Waals surface area (Å²) in [6.45, 7) is 1.63. The van der Waals surface area contributed by atoms with Gasteiger partial charge in [-0.15, -0.1) is 11.3 Å². The number of thiazole rings is 1. The molecule has 0 unspecified atom stereocenters. The third kappa shape index (κ3) is 5.20. The zero-order valence-corrected chi connectivity index (χ0v) is 21.3. The fourth-order valence-electron chi connectivity index (χ4n) is 4.37. The first-order chi connectivity index (χ1) is 17.5. The third-order valence-corrected chi connectivity index (χ3v) is 7.63. The lowest BCUT2D eigenvalue weighted by molar-refractivity contribution is 0.0707. The molecule has 2 amide bonds. The van der Waals surface area contributed by atoms with Gasteiger partial charge in [-0.1, -0.05) is 35.9 Å². The molecule has 2 aromatic heterocycles. The van der Waals surface area contributed by atoms with Gasteiger partial charge in [0.05, 0.1) is 17.6 Å². The Kier molecular flexibility index (Phi) is 7.16. The van der Waals surface area contributed by atoms with E-state index in [2.05, 4.69) is 15.3 Å². The molecule has 7 nitrogen and oxygen atoms in total. The summed E-state index contributed by atoms with van der Waals surface area (Å²) in [7, 11) is 1.60. The number of amides is 2. The molecule has 4 aromatic rings. The van der Waals surface area contributed by atoms with Crippen molar-refractivity contribution in [2.45, 2.75) is 25.3 Å². The molecule has 1 aliphatic heterocycles. The second-order valence-corrected chi connectivity index (χ2v) is 10.00. The van der Waals surface area contributed by atoms with Gasteiger partial charge in [0.1, 0.15) is 17.1 Å². The summed E-state index contributed by atoms with van der Waals surface area (Å²) in [6, 6.07) is 16.7. The van der Waals surface area contributed by atoms with Crippen LogP contribution in [0.25, 0.3) is 10.9 Å². The molecular weight excluding hydrogens is 496 g/mol. The van der Waals surface area contributed by atoms with Gasteiger partial charge < -0.3 is 15.0 Å². The molecule has 0 bridgehead atoms. The summed E-state index contributed by atoms with van der Waals surface area (Å²) in [4.78, 5) is 36.8. The number of benzene rings is 2. The van der Waals surface area contributed by atoms with Crippen LogP contribution in [0.3, 0.4) is 0 Å². The van der Waals surface area contributed by atoms with Crippen molar-refractivity contribution in [3.05, 3.63) is 87.0 Å². The number of methoxy groups -OCH3 is 1. The van der Waals surface area contributed by atoms with Crippen molar-refractivity contribution in [3.8, 4) is 5.75 Å². The first-order valence-electron chi connectivity index (χ1n) is 11.7. The monoisotopic (exact) mass is 520 g/mol. The first kappa shape index (κ1) is 24.2. The number of para-hydroxylation sites is 1. The van der Waals surface area contributed by atoms with Crippen molar-refractivity contribution in [2.75, 3.05) is 20.2 Å². The van der Waals surface area contributed by atoms with Crippen LogP contribution in [0.2, 0.25) is 5.02 Å². The highest BCUT2D eigenvalue weighted by Crippen LogP contribution is 2.32. The zero-order valence-electron chi connectivity index (χ0n) is 19.7. The maximum Gasteiger partial charge on any atom is 0.272 e. The quantitative estimate of drug-likeness (QED) is 0.373. The molecule has 0 spiro atoms. The predicted octanol–water partition coefficient (Wildman–Crippen LogP) is 5.30. The molecule has 0 radical (unpaired) electrons. The maximum atomic E-state index is 13.2. The van der Waals surface area contributed by atoms with Crippen LogP contribution in [0.4, 0.5) is 0 Å². The molecule has 0 aliphatic carbocycles. The van der Waals surface area contributed by atoms with E-state index in [1.807, 2.05) is 41.3 Å². The number of ether oxygens (including phenoxy) is 1. The highest BCUT2D eigenvalue weighted by molar-refractivity contribution is 7.09. The minimum Gasteiger partial charge on any atom is -0.496 e. The first-order valence-corrected chi connectivity index (χ1v) is 13.0. The number of nitrogens with zero attached hydrogens (tertiary/aromatic N) is 3. The number of carbonyl (C=O) groups is 2. The summed E-state index contributed by atoms with van der Waals surface area (Å²) in [6.07, 6.45) is 1.58. The zero-order chi connectivity index (χ0) is 25.1. The standard InChI is InChI=1S/C27H25ClN4O3S/c1-35-24-14-22(30-21-5-3-2-4-20(21)24)27(34)32-12-10-18(11-13-32)26-31-23(16-36-26)25(33)29-15-17-6-8-19(28)9-7-17/h2-9,14,16,18H,10-13,15H2,1H3,(H,29,33). The second kappa shape index (κ2) is 10.6. The lowest BCUT2D eigenvalue weighted by atomic mass is 9.97. The molecule has 5 rings (SSSR count). The van der Waals surface area contributed by atoms with E-state index in [1.54, 1.807) is 30.7 Å². The molecule has 2 aromatic carbocycles. The SMILES string of the molecule is COc1cc(C(=O)N2CCC(c3nc(C(=O)NCc4ccc(Cl)cc4)cs3)CC2)nc2ccccc12. The van der Waals surface area contributed by atoms with Gasteiger partial charge in [0, 0.05) is 47.4 Å². The van der Waals surface area contributed by atoms with E-state index in [0.717, 1.165) is 34.3 Å². The Morgan fingerprint density at radius 1 is 1.08 bits per heavy atom. The van der Waals surface area contributed by atoms with E-state index in [4.69, 9.17) is 16.3 Å². The number of halogens is 1. The van der Waals surface area contributed by atoms with E-state index in [0.29, 0.717) is 41.8 Å². The summed E-state index contributed by atoms with van der Waals surface area (Å²) in [5.74, 6) is 0.565. The van der Waals surface area contributed by atoms with Crippen LogP contribution in [0.15, 0.2) is 60.0 Å². The van der Waals surface area contributed by atoms with Crippen molar-refractivity contribution < 1.29 is 14.3 Å². The molecule has 1 saturated heterocycles. The average Bonchev–Trinajstić information content (AvgIpc) is 3.42. The van der Waals surface area contributed by atoms with Crippen LogP contribution in [0, 0.1) is 0 Å². The molecule has 1 N–H and O–H groups in total. The lowest BCUT2D eigenvalue weighted by Crippen LogP contribution is -2.38. The Balaban J connectivity index is 1.19. The third-order valence-electron chi connectivity index (χ3n) is 6.37. The molecule has 1 aliphatic rings. The van der Waals surface area contributed by atoms with Crippen LogP contribution >= 0.6 is 22.9 Å². The number of hydrogen-bond acceptors (Lipinski definition) is 6. The number of pyridine rings is 1. The summed E-state index contributed by atoms with van der Waals surface area (Å²) in [5.41, 5.74) is 2.52. The van der Waals surface area contributed by atoms with E-state index in [1.165, 1.54) is 11.3 Å². The van der Waals surface area contributed by atoms with Crippen molar-refractivity contribution in [1.82, 2.24) is 20.2 Å². The Bertz CT molecular complexity index is 1400. The molecule has 184 valence electrons. The van der Waals surface area contributed by atoms with Gasteiger partial charge in [-0.25, -0.2) is 9.97 Å². The Hall–Kier alpha value is -3.49. The number of likely N-dealkylation sites (tertiary alicyclic amines) is 1. The Labute approximate surface area is 218 Å². The topological polar surface area (TPSA) is 84.4 Å². The van der Waals surface area contributed by atoms with Crippen LogP contribution in [0.1, 0.15) is 50.3 Å². The lowest BCUT2D eigenvalue weighted by Gasteiger charge is -2.31. The van der Waals surface area contributed by atoms with Gasteiger partial charge in [0.25, 0.3) is 11.8 Å². The molecule has 3 heterocycles. The minimum absolute atomic E-state index is 0.0982. The fourth-order valence-corrected chi connectivity index (χ4v) is 5.47. The van der Waals surface area contributed by atoms with Crippen LogP contribution in [0.5, 0.6) is 5.75 Å². The molecule has 0 saturated carbocycles. The summed E-state index contributed by atoms with van der Waals surface area (Å²) in [5, 5.41) is 7.18. The molecule has 1 fully saturated rings. The fraction of sp³-hybridized carbons (Fsp3) is 0.259. The van der Waals surface area contributed by atoms with E-state index < -0.39 is 0 Å². The van der Waals surface area contributed by atoms with Gasteiger partial charge in [-0.3, -0.25) is 9.59 Å². The Morgan fingerprint density at radius 3 is 2.58 bits per heavy atom. The minimum atomic E-state index is -0.198. The largest absolute Gasteiger partial charge is 0.496 e. The van der Waals surface area contributed by atoms with E-state index >= 15 is 0 Å². The van der Waals surface area contributed by atoms with Gasteiger partial charge in [-0.05, 0) is 42.7 Å². The van der Waals surface area contributed by atoms with Gasteiger partial charge in [0.15, 0.2) is 0 Å². The smallest absolute Gasteiger partial charge is 0.272 e. The average molecular weight is 521 g/mol. The number of nitrogens with one attached hydrogen (secondary N) is 1. The van der Waals surface area contributed by atoms with Crippen molar-refractivity contribution >= 4 is 45.7 Å². The predicted molar refractivity (Wildman–Crippen MR) is 141 cm³/mol. The highest BCUT2D eigenvalue weighted by Gasteiger charge is 2.28. The number of fused-ring (bicyclic) bond motifs is 1. The number of rotatable bonds is 6. The molecule has 36 heavy (non-hydrogen) atoms. The normalized spacial score (nSPS) is 14.1. The van der Waals surface area contributed by atoms with Crippen LogP contribution in [-0.4, -0.2) is 46.9 Å².